The van der Waals surface area contributed by atoms with Crippen molar-refractivity contribution in [2.75, 3.05) is 19.8 Å². The summed E-state index contributed by atoms with van der Waals surface area (Å²) in [6, 6.07) is 0. The molecule has 4 nitrogen and oxygen atoms in total. The maximum absolute atomic E-state index is 11.3. The number of ether oxygens (including phenoxy) is 1. The number of Topliss-reactive ketones (excluding diaryl/α,β-unsaturated/α-hetero) is 1. The van der Waals surface area contributed by atoms with Crippen LogP contribution in [0.5, 0.6) is 0 Å². The second-order valence-corrected chi connectivity index (χ2v) is 4.00. The van der Waals surface area contributed by atoms with Crippen LogP contribution in [0.4, 0.5) is 0 Å². The summed E-state index contributed by atoms with van der Waals surface area (Å²) in [6.07, 6.45) is 4.54. The standard InChI is InChI=1S/C13H25NO3.H2/c1-3-12(15)8-6-5-7-9-13(16)14-10-11-17-4-2;/h3-11H2,1-2H3,(H,14,16);1H. The smallest absolute Gasteiger partial charge is 0.220 e. The van der Waals surface area contributed by atoms with Crippen molar-refractivity contribution in [3.63, 3.8) is 0 Å². The molecule has 0 atom stereocenters. The Hall–Kier alpha value is -0.900. The largest absolute Gasteiger partial charge is 0.380 e. The molecular formula is C13H27NO3. The van der Waals surface area contributed by atoms with Crippen LogP contribution in [0.1, 0.15) is 53.8 Å². The van der Waals surface area contributed by atoms with Crippen LogP contribution in [0, 0.1) is 0 Å². The highest BCUT2D eigenvalue weighted by Gasteiger charge is 2.01. The average molecular weight is 245 g/mol. The Bertz CT molecular complexity index is 222. The van der Waals surface area contributed by atoms with Gasteiger partial charge in [-0.2, -0.15) is 0 Å². The van der Waals surface area contributed by atoms with Gasteiger partial charge in [0, 0.05) is 33.8 Å². The minimum absolute atomic E-state index is 0. The molecule has 1 N–H and O–H groups in total. The zero-order valence-corrected chi connectivity index (χ0v) is 11.1. The summed E-state index contributed by atoms with van der Waals surface area (Å²) in [7, 11) is 0. The van der Waals surface area contributed by atoms with Gasteiger partial charge in [-0.15, -0.1) is 0 Å². The third-order valence-corrected chi connectivity index (χ3v) is 2.53. The van der Waals surface area contributed by atoms with Gasteiger partial charge in [-0.25, -0.2) is 0 Å². The molecule has 1 amide bonds. The summed E-state index contributed by atoms with van der Waals surface area (Å²) in [4.78, 5) is 22.3. The van der Waals surface area contributed by atoms with E-state index < -0.39 is 0 Å². The molecule has 0 aromatic carbocycles. The van der Waals surface area contributed by atoms with Gasteiger partial charge in [0.1, 0.15) is 5.78 Å². The molecule has 0 aliphatic heterocycles. The molecule has 0 bridgehead atoms. The summed E-state index contributed by atoms with van der Waals surface area (Å²) >= 11 is 0. The first-order valence-corrected chi connectivity index (χ1v) is 6.56. The number of unbranched alkanes of at least 4 members (excludes halogenated alkanes) is 2. The van der Waals surface area contributed by atoms with Gasteiger partial charge < -0.3 is 10.1 Å². The van der Waals surface area contributed by atoms with Crippen molar-refractivity contribution in [1.82, 2.24) is 5.32 Å². The Morgan fingerprint density at radius 2 is 1.82 bits per heavy atom. The second-order valence-electron chi connectivity index (χ2n) is 4.00. The first-order chi connectivity index (χ1) is 8.20. The summed E-state index contributed by atoms with van der Waals surface area (Å²) in [5, 5.41) is 2.80. The number of ketones is 1. The highest BCUT2D eigenvalue weighted by Crippen LogP contribution is 2.04. The SMILES string of the molecule is CCOCCNC(=O)CCCCCC(=O)CC.[HH]. The van der Waals surface area contributed by atoms with Gasteiger partial charge in [0.05, 0.1) is 6.61 Å². The van der Waals surface area contributed by atoms with E-state index in [1.807, 2.05) is 13.8 Å². The van der Waals surface area contributed by atoms with Crippen LogP contribution in [-0.2, 0) is 14.3 Å². The van der Waals surface area contributed by atoms with Crippen molar-refractivity contribution in [1.29, 1.82) is 0 Å². The predicted molar refractivity (Wildman–Crippen MR) is 70.0 cm³/mol. The van der Waals surface area contributed by atoms with E-state index in [1.165, 1.54) is 0 Å². The Balaban J connectivity index is 0. The van der Waals surface area contributed by atoms with Gasteiger partial charge in [-0.1, -0.05) is 13.3 Å². The fourth-order valence-electron chi connectivity index (χ4n) is 1.46. The highest BCUT2D eigenvalue weighted by molar-refractivity contribution is 5.78. The number of amides is 1. The zero-order valence-electron chi connectivity index (χ0n) is 11.1. The average Bonchev–Trinajstić information content (AvgIpc) is 2.34. The van der Waals surface area contributed by atoms with Crippen molar-refractivity contribution >= 4 is 11.7 Å². The number of nitrogens with one attached hydrogen (secondary N) is 1. The molecule has 0 heterocycles. The van der Waals surface area contributed by atoms with E-state index in [9.17, 15) is 9.59 Å². The van der Waals surface area contributed by atoms with Gasteiger partial charge in [0.25, 0.3) is 0 Å². The molecule has 0 aromatic rings. The first kappa shape index (κ1) is 16.1. The van der Waals surface area contributed by atoms with Crippen LogP contribution in [0.15, 0.2) is 0 Å². The topological polar surface area (TPSA) is 55.4 Å². The molecule has 0 spiro atoms. The molecule has 0 saturated heterocycles. The van der Waals surface area contributed by atoms with E-state index >= 15 is 0 Å². The molecule has 0 aliphatic rings. The van der Waals surface area contributed by atoms with Crippen LogP contribution in [0.3, 0.4) is 0 Å². The number of carbonyl (C=O) groups is 2. The first-order valence-electron chi connectivity index (χ1n) is 6.56. The number of hydrogen-bond acceptors (Lipinski definition) is 3. The molecule has 0 aromatic heterocycles. The monoisotopic (exact) mass is 245 g/mol. The van der Waals surface area contributed by atoms with Gasteiger partial charge in [-0.05, 0) is 19.8 Å². The molecule has 17 heavy (non-hydrogen) atoms. The quantitative estimate of drug-likeness (QED) is 0.568. The van der Waals surface area contributed by atoms with Crippen molar-refractivity contribution in [3.8, 4) is 0 Å². The molecular weight excluding hydrogens is 218 g/mol. The number of carbonyl (C=O) groups excluding carboxylic acids is 2. The molecule has 0 unspecified atom stereocenters. The molecule has 0 aliphatic carbocycles. The van der Waals surface area contributed by atoms with E-state index in [0.717, 1.165) is 19.3 Å². The lowest BCUT2D eigenvalue weighted by Gasteiger charge is -2.05. The van der Waals surface area contributed by atoms with Gasteiger partial charge in [0.2, 0.25) is 5.91 Å². The van der Waals surface area contributed by atoms with Crippen molar-refractivity contribution < 1.29 is 15.8 Å². The number of hydrogen-bond donors (Lipinski definition) is 1. The molecule has 0 saturated carbocycles. The van der Waals surface area contributed by atoms with Crippen LogP contribution in [-0.4, -0.2) is 31.4 Å². The summed E-state index contributed by atoms with van der Waals surface area (Å²) in [6.45, 7) is 5.66. The molecule has 4 heteroatoms. The molecule has 0 fully saturated rings. The Morgan fingerprint density at radius 1 is 1.12 bits per heavy atom. The Kier molecular flexibility index (Phi) is 11.0. The van der Waals surface area contributed by atoms with Gasteiger partial charge in [0.15, 0.2) is 0 Å². The van der Waals surface area contributed by atoms with E-state index in [-0.39, 0.29) is 7.33 Å². The van der Waals surface area contributed by atoms with Gasteiger partial charge >= 0.3 is 0 Å². The maximum atomic E-state index is 11.3. The minimum atomic E-state index is 0. The van der Waals surface area contributed by atoms with Gasteiger partial charge in [-0.3, -0.25) is 9.59 Å². The Labute approximate surface area is 106 Å². The van der Waals surface area contributed by atoms with Crippen LogP contribution in [0.25, 0.3) is 0 Å². The third kappa shape index (κ3) is 11.4. The fourth-order valence-corrected chi connectivity index (χ4v) is 1.46. The van der Waals surface area contributed by atoms with Crippen molar-refractivity contribution in [2.45, 2.75) is 52.4 Å². The predicted octanol–water partition coefficient (Wildman–Crippen LogP) is 2.31. The minimum Gasteiger partial charge on any atom is -0.380 e. The van der Waals surface area contributed by atoms with Crippen LogP contribution in [0.2, 0.25) is 0 Å². The lowest BCUT2D eigenvalue weighted by atomic mass is 10.1. The molecule has 102 valence electrons. The lowest BCUT2D eigenvalue weighted by Crippen LogP contribution is -2.26. The van der Waals surface area contributed by atoms with E-state index in [2.05, 4.69) is 5.32 Å². The molecule has 0 radical (unpaired) electrons. The van der Waals surface area contributed by atoms with Crippen LogP contribution < -0.4 is 5.32 Å². The highest BCUT2D eigenvalue weighted by atomic mass is 16.5. The lowest BCUT2D eigenvalue weighted by molar-refractivity contribution is -0.121. The fraction of sp³-hybridized carbons (Fsp3) is 0.846. The molecule has 0 rings (SSSR count). The van der Waals surface area contributed by atoms with Crippen molar-refractivity contribution in [2.24, 2.45) is 0 Å². The zero-order chi connectivity index (χ0) is 12.9. The summed E-state index contributed by atoms with van der Waals surface area (Å²) < 4.78 is 5.11. The van der Waals surface area contributed by atoms with Crippen molar-refractivity contribution in [3.05, 3.63) is 0 Å². The second kappa shape index (κ2) is 11.6. The maximum Gasteiger partial charge on any atom is 0.220 e. The third-order valence-electron chi connectivity index (χ3n) is 2.53. The summed E-state index contributed by atoms with van der Waals surface area (Å²) in [5.41, 5.74) is 0. The Morgan fingerprint density at radius 3 is 2.47 bits per heavy atom. The van der Waals surface area contributed by atoms with E-state index in [4.69, 9.17) is 4.74 Å². The summed E-state index contributed by atoms with van der Waals surface area (Å²) in [5.74, 6) is 0.387. The normalized spacial score (nSPS) is 10.2. The van der Waals surface area contributed by atoms with Crippen LogP contribution >= 0.6 is 0 Å². The van der Waals surface area contributed by atoms with E-state index in [1.54, 1.807) is 0 Å². The van der Waals surface area contributed by atoms with E-state index in [0.29, 0.717) is 44.8 Å². The number of rotatable bonds is 11.